The highest BCUT2D eigenvalue weighted by Crippen LogP contribution is 2.30. The molecule has 2 rings (SSSR count). The van der Waals surface area contributed by atoms with E-state index < -0.39 is 18.7 Å². The highest BCUT2D eigenvalue weighted by Gasteiger charge is 2.24. The van der Waals surface area contributed by atoms with Gasteiger partial charge in [0.05, 0.1) is 19.8 Å². The maximum atomic E-state index is 12.7. The van der Waals surface area contributed by atoms with Crippen LogP contribution in [0.1, 0.15) is 18.9 Å². The SMILES string of the molecule is CCOC(=O)N(Cc1cccc(OCC(=O)O)c1)c1nc(OCCCN)nc(N)c1N. The molecule has 12 nitrogen and oxygen atoms in total. The average molecular weight is 434 g/mol. The van der Waals surface area contributed by atoms with E-state index in [-0.39, 0.29) is 43.1 Å². The van der Waals surface area contributed by atoms with Crippen LogP contribution in [0.25, 0.3) is 0 Å². The molecule has 0 fully saturated rings. The van der Waals surface area contributed by atoms with E-state index in [1.165, 1.54) is 4.90 Å². The smallest absolute Gasteiger partial charge is 0.415 e. The second-order valence-electron chi connectivity index (χ2n) is 6.23. The fraction of sp³-hybridized carbons (Fsp3) is 0.368. The molecule has 1 aromatic heterocycles. The number of hydrogen-bond donors (Lipinski definition) is 4. The summed E-state index contributed by atoms with van der Waals surface area (Å²) >= 11 is 0. The van der Waals surface area contributed by atoms with Crippen LogP contribution < -0.4 is 31.6 Å². The Balaban J connectivity index is 2.36. The summed E-state index contributed by atoms with van der Waals surface area (Å²) in [5, 5.41) is 8.78. The van der Waals surface area contributed by atoms with Gasteiger partial charge in [0.25, 0.3) is 0 Å². The Hall–Kier alpha value is -3.80. The third-order valence-corrected chi connectivity index (χ3v) is 3.86. The number of carboxylic acid groups (broad SMARTS) is 1. The van der Waals surface area contributed by atoms with E-state index in [1.807, 2.05) is 0 Å². The standard InChI is InChI=1S/C19H26N6O6/c1-2-29-19(28)25(10-12-5-3-6-13(9-12)31-11-14(26)27)17-15(21)16(22)23-18(24-17)30-8-4-7-20/h3,5-6,9H,2,4,7-8,10-11,20-21H2,1H3,(H,26,27)(H2,22,23,24). The molecule has 0 spiro atoms. The lowest BCUT2D eigenvalue weighted by atomic mass is 10.2. The van der Waals surface area contributed by atoms with Crippen LogP contribution in [0, 0.1) is 0 Å². The van der Waals surface area contributed by atoms with Crippen LogP contribution in [-0.4, -0.2) is 53.5 Å². The second kappa shape index (κ2) is 11.4. The van der Waals surface area contributed by atoms with E-state index in [2.05, 4.69) is 9.97 Å². The monoisotopic (exact) mass is 434 g/mol. The van der Waals surface area contributed by atoms with Gasteiger partial charge < -0.3 is 36.5 Å². The Morgan fingerprint density at radius 1 is 1.19 bits per heavy atom. The predicted octanol–water partition coefficient (Wildman–Crippen LogP) is 0.995. The van der Waals surface area contributed by atoms with Crippen molar-refractivity contribution in [3.63, 3.8) is 0 Å². The van der Waals surface area contributed by atoms with Gasteiger partial charge in [-0.1, -0.05) is 12.1 Å². The van der Waals surface area contributed by atoms with Gasteiger partial charge in [0.1, 0.15) is 11.4 Å². The largest absolute Gasteiger partial charge is 0.482 e. The molecule has 0 bridgehead atoms. The second-order valence-corrected chi connectivity index (χ2v) is 6.23. The van der Waals surface area contributed by atoms with Crippen LogP contribution >= 0.6 is 0 Å². The number of nitrogens with two attached hydrogens (primary N) is 3. The first-order valence-corrected chi connectivity index (χ1v) is 9.49. The molecule has 168 valence electrons. The first kappa shape index (κ1) is 23.5. The van der Waals surface area contributed by atoms with E-state index in [1.54, 1.807) is 31.2 Å². The molecule has 0 atom stereocenters. The summed E-state index contributed by atoms with van der Waals surface area (Å²) in [6, 6.07) is 6.52. The van der Waals surface area contributed by atoms with E-state index in [9.17, 15) is 9.59 Å². The van der Waals surface area contributed by atoms with Crippen LogP contribution in [0.3, 0.4) is 0 Å². The summed E-state index contributed by atoms with van der Waals surface area (Å²) in [5.41, 5.74) is 18.0. The molecule has 12 heteroatoms. The van der Waals surface area contributed by atoms with Crippen molar-refractivity contribution in [1.29, 1.82) is 0 Å². The quantitative estimate of drug-likeness (QED) is 0.369. The van der Waals surface area contributed by atoms with E-state index >= 15 is 0 Å². The number of rotatable bonds is 11. The molecular weight excluding hydrogens is 408 g/mol. The van der Waals surface area contributed by atoms with Crippen LogP contribution in [0.2, 0.25) is 0 Å². The zero-order valence-corrected chi connectivity index (χ0v) is 17.1. The number of carboxylic acids is 1. The molecule has 0 radical (unpaired) electrons. The molecule has 1 heterocycles. The van der Waals surface area contributed by atoms with E-state index in [0.717, 1.165) is 0 Å². The number of hydrogen-bond acceptors (Lipinski definition) is 10. The third-order valence-electron chi connectivity index (χ3n) is 3.86. The van der Waals surface area contributed by atoms with Gasteiger partial charge in [-0.05, 0) is 37.6 Å². The maximum absolute atomic E-state index is 12.7. The van der Waals surface area contributed by atoms with Gasteiger partial charge in [-0.15, -0.1) is 0 Å². The number of nitrogens with zero attached hydrogens (tertiary/aromatic N) is 3. The van der Waals surface area contributed by atoms with Gasteiger partial charge in [0.2, 0.25) is 0 Å². The summed E-state index contributed by atoms with van der Waals surface area (Å²) < 4.78 is 15.8. The summed E-state index contributed by atoms with van der Waals surface area (Å²) in [6.45, 7) is 1.97. The Morgan fingerprint density at radius 3 is 2.65 bits per heavy atom. The molecule has 2 aromatic rings. The Bertz CT molecular complexity index is 909. The normalized spacial score (nSPS) is 10.4. The van der Waals surface area contributed by atoms with Crippen molar-refractivity contribution < 1.29 is 28.9 Å². The summed E-state index contributed by atoms with van der Waals surface area (Å²) in [4.78, 5) is 32.8. The highest BCUT2D eigenvalue weighted by atomic mass is 16.6. The summed E-state index contributed by atoms with van der Waals surface area (Å²) in [5.74, 6) is -0.819. The predicted molar refractivity (Wildman–Crippen MR) is 113 cm³/mol. The Morgan fingerprint density at radius 2 is 1.97 bits per heavy atom. The lowest BCUT2D eigenvalue weighted by molar-refractivity contribution is -0.139. The van der Waals surface area contributed by atoms with Gasteiger partial charge >= 0.3 is 18.1 Å². The average Bonchev–Trinajstić information content (AvgIpc) is 2.74. The number of amides is 1. The van der Waals surface area contributed by atoms with E-state index in [4.69, 9.17) is 36.5 Å². The van der Waals surface area contributed by atoms with Gasteiger partial charge in [-0.2, -0.15) is 9.97 Å². The van der Waals surface area contributed by atoms with Crippen molar-refractivity contribution in [3.05, 3.63) is 29.8 Å². The number of anilines is 3. The Labute approximate surface area is 178 Å². The van der Waals surface area contributed by atoms with Crippen LogP contribution in [0.5, 0.6) is 11.8 Å². The maximum Gasteiger partial charge on any atom is 0.415 e. The van der Waals surface area contributed by atoms with Gasteiger partial charge in [0.15, 0.2) is 18.2 Å². The minimum Gasteiger partial charge on any atom is -0.482 e. The highest BCUT2D eigenvalue weighted by molar-refractivity contribution is 5.92. The number of carbonyl (C=O) groups is 2. The van der Waals surface area contributed by atoms with Gasteiger partial charge in [-0.25, -0.2) is 9.59 Å². The fourth-order valence-electron chi connectivity index (χ4n) is 2.46. The number of nitrogen functional groups attached to an aromatic ring is 2. The molecule has 0 saturated heterocycles. The molecule has 1 amide bonds. The summed E-state index contributed by atoms with van der Waals surface area (Å²) in [7, 11) is 0. The van der Waals surface area contributed by atoms with Crippen LogP contribution in [0.15, 0.2) is 24.3 Å². The van der Waals surface area contributed by atoms with Crippen molar-refractivity contribution >= 4 is 29.4 Å². The minimum atomic E-state index is -1.11. The van der Waals surface area contributed by atoms with E-state index in [0.29, 0.717) is 24.3 Å². The summed E-state index contributed by atoms with van der Waals surface area (Å²) in [6.07, 6.45) is -0.134. The number of aliphatic carboxylic acids is 1. The lowest BCUT2D eigenvalue weighted by Crippen LogP contribution is -2.33. The third kappa shape index (κ3) is 6.89. The zero-order valence-electron chi connectivity index (χ0n) is 17.1. The Kier molecular flexibility index (Phi) is 8.64. The van der Waals surface area contributed by atoms with Gasteiger partial charge in [-0.3, -0.25) is 4.90 Å². The van der Waals surface area contributed by atoms with Crippen molar-refractivity contribution in [2.45, 2.75) is 19.9 Å². The zero-order chi connectivity index (χ0) is 22.8. The van der Waals surface area contributed by atoms with Crippen LogP contribution in [-0.2, 0) is 16.1 Å². The number of carbonyl (C=O) groups excluding carboxylic acids is 1. The molecule has 7 N–H and O–H groups in total. The van der Waals surface area contributed by atoms with Gasteiger partial charge in [0, 0.05) is 0 Å². The molecule has 1 aromatic carbocycles. The van der Waals surface area contributed by atoms with Crippen molar-refractivity contribution in [3.8, 4) is 11.8 Å². The first-order valence-electron chi connectivity index (χ1n) is 9.49. The molecule has 0 aliphatic carbocycles. The molecule has 0 unspecified atom stereocenters. The van der Waals surface area contributed by atoms with Crippen molar-refractivity contribution in [2.75, 3.05) is 42.7 Å². The lowest BCUT2D eigenvalue weighted by Gasteiger charge is -2.23. The molecule has 0 aliphatic heterocycles. The molecule has 31 heavy (non-hydrogen) atoms. The molecule has 0 aliphatic rings. The number of ether oxygens (including phenoxy) is 3. The number of benzene rings is 1. The number of aromatic nitrogens is 2. The first-order chi connectivity index (χ1) is 14.8. The molecular formula is C19H26N6O6. The van der Waals surface area contributed by atoms with Crippen molar-refractivity contribution in [2.24, 2.45) is 5.73 Å². The topological polar surface area (TPSA) is 189 Å². The molecule has 0 saturated carbocycles. The van der Waals surface area contributed by atoms with Crippen LogP contribution in [0.4, 0.5) is 22.1 Å². The minimum absolute atomic E-state index is 0.00794. The van der Waals surface area contributed by atoms with Crippen molar-refractivity contribution in [1.82, 2.24) is 9.97 Å². The fourth-order valence-corrected chi connectivity index (χ4v) is 2.46.